The second-order valence-corrected chi connectivity index (χ2v) is 10.6. The van der Waals surface area contributed by atoms with Crippen LogP contribution in [0.1, 0.15) is 30.9 Å². The molecular weight excluding hydrogens is 434 g/mol. The minimum Gasteiger partial charge on any atom is -0.337 e. The van der Waals surface area contributed by atoms with Gasteiger partial charge >= 0.3 is 0 Å². The molecule has 10 nitrogen and oxygen atoms in total. The Morgan fingerprint density at radius 3 is 2.53 bits per heavy atom. The van der Waals surface area contributed by atoms with E-state index in [0.29, 0.717) is 12.5 Å². The number of amides is 1. The molecule has 0 aliphatic carbocycles. The van der Waals surface area contributed by atoms with Crippen molar-refractivity contribution < 1.29 is 18.4 Å². The van der Waals surface area contributed by atoms with E-state index in [1.165, 1.54) is 23.0 Å². The normalized spacial score (nSPS) is 16.2. The molecule has 172 valence electrons. The Kier molecular flexibility index (Phi) is 6.79. The SMILES string of the molecule is Cc1cnc(N2CC=C(c3ccn(CC[C@](C)(C(=O)NO)S(C)(=O)=O)c(=O)c3)CC2)nc1. The van der Waals surface area contributed by atoms with E-state index in [1.807, 2.05) is 13.0 Å². The number of aryl methyl sites for hydroxylation is 2. The van der Waals surface area contributed by atoms with Gasteiger partial charge < -0.3 is 9.47 Å². The Hall–Kier alpha value is -3.05. The van der Waals surface area contributed by atoms with Crippen LogP contribution in [-0.4, -0.2) is 58.2 Å². The first-order valence-corrected chi connectivity index (χ1v) is 12.0. The molecule has 2 aromatic heterocycles. The largest absolute Gasteiger partial charge is 0.337 e. The predicted octanol–water partition coefficient (Wildman–Crippen LogP) is 0.939. The number of hydroxylamine groups is 1. The van der Waals surface area contributed by atoms with Crippen LogP contribution in [0.25, 0.3) is 5.57 Å². The molecule has 0 fully saturated rings. The van der Waals surface area contributed by atoms with Crippen molar-refractivity contribution in [2.24, 2.45) is 0 Å². The number of nitrogens with zero attached hydrogens (tertiary/aromatic N) is 4. The summed E-state index contributed by atoms with van der Waals surface area (Å²) in [5.41, 5.74) is 3.95. The summed E-state index contributed by atoms with van der Waals surface area (Å²) in [7, 11) is -3.83. The number of sulfone groups is 1. The standard InChI is InChI=1S/C21H27N5O5S/c1-15-13-22-20(23-14-15)26-9-4-16(5-10-26)17-6-8-25(18(27)12-17)11-7-21(2,19(28)24-29)32(3,30)31/h4,6,8,12-14,29H,5,7,9-11H2,1-3H3,(H,24,28)/t21-/m1/s1. The monoisotopic (exact) mass is 461 g/mol. The van der Waals surface area contributed by atoms with Crippen molar-refractivity contribution in [3.05, 3.63) is 58.3 Å². The van der Waals surface area contributed by atoms with E-state index < -0.39 is 20.5 Å². The molecule has 32 heavy (non-hydrogen) atoms. The lowest BCUT2D eigenvalue weighted by Gasteiger charge is -2.27. The molecule has 11 heteroatoms. The highest BCUT2D eigenvalue weighted by molar-refractivity contribution is 7.92. The summed E-state index contributed by atoms with van der Waals surface area (Å²) in [6.45, 7) is 4.52. The molecule has 1 atom stereocenters. The van der Waals surface area contributed by atoms with Gasteiger partial charge in [0.15, 0.2) is 14.6 Å². The fraction of sp³-hybridized carbons (Fsp3) is 0.429. The van der Waals surface area contributed by atoms with E-state index in [1.54, 1.807) is 24.7 Å². The number of aromatic nitrogens is 3. The van der Waals surface area contributed by atoms with Gasteiger partial charge in [0.05, 0.1) is 0 Å². The van der Waals surface area contributed by atoms with E-state index >= 15 is 0 Å². The second kappa shape index (κ2) is 9.21. The van der Waals surface area contributed by atoms with Crippen LogP contribution in [0.3, 0.4) is 0 Å². The molecule has 3 rings (SSSR count). The van der Waals surface area contributed by atoms with E-state index in [9.17, 15) is 18.0 Å². The minimum absolute atomic E-state index is 0.00763. The fourth-order valence-electron chi connectivity index (χ4n) is 3.47. The van der Waals surface area contributed by atoms with Crippen LogP contribution in [0.5, 0.6) is 0 Å². The third-order valence-corrected chi connectivity index (χ3v) is 7.88. The van der Waals surface area contributed by atoms with E-state index in [2.05, 4.69) is 14.9 Å². The first kappa shape index (κ1) is 23.6. The Balaban J connectivity index is 1.72. The highest BCUT2D eigenvalue weighted by Gasteiger charge is 2.43. The van der Waals surface area contributed by atoms with Crippen molar-refractivity contribution in [3.63, 3.8) is 0 Å². The Morgan fingerprint density at radius 1 is 1.31 bits per heavy atom. The molecule has 2 aromatic rings. The number of hydrogen-bond acceptors (Lipinski definition) is 8. The summed E-state index contributed by atoms with van der Waals surface area (Å²) in [6.07, 6.45) is 8.68. The van der Waals surface area contributed by atoms with Crippen molar-refractivity contribution in [1.29, 1.82) is 0 Å². The third-order valence-electron chi connectivity index (χ3n) is 5.86. The summed E-state index contributed by atoms with van der Waals surface area (Å²) in [4.78, 5) is 35.3. The quantitative estimate of drug-likeness (QED) is 0.460. The predicted molar refractivity (Wildman–Crippen MR) is 120 cm³/mol. The van der Waals surface area contributed by atoms with Crippen molar-refractivity contribution in [2.45, 2.75) is 38.0 Å². The summed E-state index contributed by atoms with van der Waals surface area (Å²) >= 11 is 0. The topological polar surface area (TPSA) is 134 Å². The van der Waals surface area contributed by atoms with Crippen molar-refractivity contribution in [3.8, 4) is 0 Å². The maximum Gasteiger partial charge on any atom is 0.264 e. The summed E-state index contributed by atoms with van der Waals surface area (Å²) in [5.74, 6) is -0.360. The van der Waals surface area contributed by atoms with E-state index in [0.717, 1.165) is 35.9 Å². The minimum atomic E-state index is -3.83. The van der Waals surface area contributed by atoms with Gasteiger partial charge in [-0.05, 0) is 49.5 Å². The summed E-state index contributed by atoms with van der Waals surface area (Å²) in [6, 6.07) is 3.31. The number of pyridine rings is 1. The Morgan fingerprint density at radius 2 is 2.00 bits per heavy atom. The molecule has 1 aliphatic rings. The van der Waals surface area contributed by atoms with Crippen molar-refractivity contribution in [1.82, 2.24) is 20.0 Å². The highest BCUT2D eigenvalue weighted by Crippen LogP contribution is 2.24. The molecule has 1 aliphatic heterocycles. The Labute approximate surface area is 186 Å². The van der Waals surface area contributed by atoms with Crippen LogP contribution < -0.4 is 15.9 Å². The van der Waals surface area contributed by atoms with Crippen molar-refractivity contribution >= 4 is 27.3 Å². The molecular formula is C21H27N5O5S. The van der Waals surface area contributed by atoms with E-state index in [-0.39, 0.29) is 18.5 Å². The van der Waals surface area contributed by atoms with Gasteiger partial charge in [0.25, 0.3) is 11.5 Å². The lowest BCUT2D eigenvalue weighted by atomic mass is 10.0. The number of rotatable bonds is 7. The number of carbonyl (C=O) groups excluding carboxylic acids is 1. The van der Waals surface area contributed by atoms with Gasteiger partial charge in [-0.15, -0.1) is 0 Å². The van der Waals surface area contributed by atoms with E-state index in [4.69, 9.17) is 5.21 Å². The van der Waals surface area contributed by atoms with Crippen LogP contribution in [0.2, 0.25) is 0 Å². The molecule has 2 N–H and O–H groups in total. The van der Waals surface area contributed by atoms with Crippen LogP contribution >= 0.6 is 0 Å². The maximum absolute atomic E-state index is 12.6. The summed E-state index contributed by atoms with van der Waals surface area (Å²) in [5, 5.41) is 8.92. The number of carbonyl (C=O) groups is 1. The van der Waals surface area contributed by atoms with Crippen LogP contribution in [0.15, 0.2) is 41.6 Å². The molecule has 0 aromatic carbocycles. The maximum atomic E-state index is 12.6. The zero-order chi connectivity index (χ0) is 23.5. The molecule has 0 radical (unpaired) electrons. The second-order valence-electron chi connectivity index (χ2n) is 8.13. The zero-order valence-corrected chi connectivity index (χ0v) is 19.1. The van der Waals surface area contributed by atoms with Gasteiger partial charge in [-0.3, -0.25) is 14.8 Å². The molecule has 1 amide bonds. The van der Waals surface area contributed by atoms with Gasteiger partial charge in [0, 0.05) is 50.5 Å². The first-order valence-electron chi connectivity index (χ1n) is 10.1. The van der Waals surface area contributed by atoms with Gasteiger partial charge in [0.1, 0.15) is 0 Å². The zero-order valence-electron chi connectivity index (χ0n) is 18.3. The number of anilines is 1. The van der Waals surface area contributed by atoms with Crippen LogP contribution in [0, 0.1) is 6.92 Å². The molecule has 0 spiro atoms. The third kappa shape index (κ3) is 4.89. The van der Waals surface area contributed by atoms with Gasteiger partial charge in [-0.2, -0.15) is 0 Å². The van der Waals surface area contributed by atoms with Crippen LogP contribution in [0.4, 0.5) is 5.95 Å². The Bertz CT molecular complexity index is 1190. The fourth-order valence-corrected chi connectivity index (χ4v) is 4.32. The molecule has 0 saturated heterocycles. The van der Waals surface area contributed by atoms with Gasteiger partial charge in [-0.25, -0.2) is 23.9 Å². The number of nitrogens with one attached hydrogen (secondary N) is 1. The van der Waals surface area contributed by atoms with Gasteiger partial charge in [-0.1, -0.05) is 6.08 Å². The smallest absolute Gasteiger partial charge is 0.264 e. The first-order chi connectivity index (χ1) is 15.0. The average Bonchev–Trinajstić information content (AvgIpc) is 2.77. The van der Waals surface area contributed by atoms with Crippen molar-refractivity contribution in [2.75, 3.05) is 24.2 Å². The van der Waals surface area contributed by atoms with Crippen LogP contribution in [-0.2, 0) is 21.2 Å². The number of hydrogen-bond donors (Lipinski definition) is 2. The molecule has 3 heterocycles. The molecule has 0 saturated carbocycles. The molecule has 0 bridgehead atoms. The summed E-state index contributed by atoms with van der Waals surface area (Å²) < 4.78 is 23.7. The average molecular weight is 462 g/mol. The lowest BCUT2D eigenvalue weighted by molar-refractivity contribution is -0.131. The lowest BCUT2D eigenvalue weighted by Crippen LogP contribution is -2.49. The molecule has 0 unspecified atom stereocenters. The van der Waals surface area contributed by atoms with Gasteiger partial charge in [0.2, 0.25) is 5.95 Å². The highest BCUT2D eigenvalue weighted by atomic mass is 32.2.